The van der Waals surface area contributed by atoms with E-state index in [0.717, 1.165) is 18.3 Å². The molecule has 1 heterocycles. The predicted octanol–water partition coefficient (Wildman–Crippen LogP) is 1.89. The Morgan fingerprint density at radius 3 is 2.39 bits per heavy atom. The summed E-state index contributed by atoms with van der Waals surface area (Å²) in [6.45, 7) is 0. The van der Waals surface area contributed by atoms with Crippen LogP contribution in [-0.4, -0.2) is 23.0 Å². The number of ether oxygens (including phenoxy) is 1. The summed E-state index contributed by atoms with van der Waals surface area (Å²) in [4.78, 5) is 27.5. The molecule has 120 valence electrons. The monoisotopic (exact) mass is 325 g/mol. The normalized spacial score (nSPS) is 11.1. The van der Waals surface area contributed by atoms with Gasteiger partial charge in [0.05, 0.1) is 11.1 Å². The first-order valence-electron chi connectivity index (χ1n) is 6.14. The number of amides is 1. The number of alkyl halides is 3. The van der Waals surface area contributed by atoms with E-state index in [1.165, 1.54) is 18.2 Å². The standard InChI is InChI=1S/C14H10F3N3O3/c15-14(16,17)23-9-4-2-1-3-7(9)12(21)10-8(18)5-6-20-11(10)13(19)22/h1-6H,(H2,18,20)(H2,19,22). The van der Waals surface area contributed by atoms with Crippen molar-refractivity contribution < 1.29 is 27.5 Å². The molecule has 6 nitrogen and oxygen atoms in total. The van der Waals surface area contributed by atoms with Crippen molar-refractivity contribution in [3.05, 3.63) is 53.3 Å². The van der Waals surface area contributed by atoms with Gasteiger partial charge in [0, 0.05) is 11.9 Å². The van der Waals surface area contributed by atoms with Gasteiger partial charge in [-0.3, -0.25) is 14.6 Å². The number of aromatic nitrogens is 1. The van der Waals surface area contributed by atoms with Crippen LogP contribution in [0, 0.1) is 0 Å². The van der Waals surface area contributed by atoms with Gasteiger partial charge in [-0.2, -0.15) is 0 Å². The molecule has 0 saturated carbocycles. The fraction of sp³-hybridized carbons (Fsp3) is 0.0714. The van der Waals surface area contributed by atoms with E-state index < -0.39 is 35.1 Å². The van der Waals surface area contributed by atoms with E-state index in [4.69, 9.17) is 11.5 Å². The van der Waals surface area contributed by atoms with E-state index in [1.807, 2.05) is 0 Å². The number of hydrogen-bond acceptors (Lipinski definition) is 5. The third kappa shape index (κ3) is 3.57. The van der Waals surface area contributed by atoms with Gasteiger partial charge < -0.3 is 16.2 Å². The molecule has 0 aliphatic heterocycles. The zero-order valence-corrected chi connectivity index (χ0v) is 11.4. The SMILES string of the molecule is NC(=O)c1nccc(N)c1C(=O)c1ccccc1OC(F)(F)F. The second-order valence-electron chi connectivity index (χ2n) is 4.36. The second kappa shape index (κ2) is 5.95. The molecule has 0 atom stereocenters. The molecule has 2 rings (SSSR count). The number of pyridine rings is 1. The summed E-state index contributed by atoms with van der Waals surface area (Å²) >= 11 is 0. The first-order chi connectivity index (χ1) is 10.7. The fourth-order valence-electron chi connectivity index (χ4n) is 1.90. The minimum absolute atomic E-state index is 0.138. The van der Waals surface area contributed by atoms with Crippen LogP contribution < -0.4 is 16.2 Å². The van der Waals surface area contributed by atoms with Crippen LogP contribution in [0.1, 0.15) is 26.4 Å². The smallest absolute Gasteiger partial charge is 0.405 e. The average molecular weight is 325 g/mol. The van der Waals surface area contributed by atoms with E-state index in [0.29, 0.717) is 0 Å². The molecule has 0 unspecified atom stereocenters. The van der Waals surface area contributed by atoms with Crippen LogP contribution in [0.25, 0.3) is 0 Å². The topological polar surface area (TPSA) is 108 Å². The molecule has 9 heteroatoms. The van der Waals surface area contributed by atoms with Gasteiger partial charge in [0.2, 0.25) is 5.78 Å². The maximum absolute atomic E-state index is 12.5. The van der Waals surface area contributed by atoms with Crippen LogP contribution in [0.2, 0.25) is 0 Å². The van der Waals surface area contributed by atoms with E-state index in [-0.39, 0.29) is 11.3 Å². The largest absolute Gasteiger partial charge is 0.573 e. The molecule has 0 spiro atoms. The Labute approximate surface area is 127 Å². The van der Waals surface area contributed by atoms with Crippen molar-refractivity contribution >= 4 is 17.4 Å². The van der Waals surface area contributed by atoms with Crippen molar-refractivity contribution in [2.75, 3.05) is 5.73 Å². The molecule has 0 aliphatic rings. The number of benzene rings is 1. The molecule has 1 aromatic heterocycles. The molecule has 0 bridgehead atoms. The third-order valence-electron chi connectivity index (χ3n) is 2.80. The van der Waals surface area contributed by atoms with Gasteiger partial charge in [-0.25, -0.2) is 0 Å². The van der Waals surface area contributed by atoms with Crippen molar-refractivity contribution in [3.63, 3.8) is 0 Å². The molecule has 1 aromatic carbocycles. The molecule has 0 saturated heterocycles. The van der Waals surface area contributed by atoms with Crippen LogP contribution >= 0.6 is 0 Å². The van der Waals surface area contributed by atoms with E-state index in [9.17, 15) is 22.8 Å². The molecule has 4 N–H and O–H groups in total. The van der Waals surface area contributed by atoms with E-state index in [2.05, 4.69) is 9.72 Å². The summed E-state index contributed by atoms with van der Waals surface area (Å²) < 4.78 is 41.1. The summed E-state index contributed by atoms with van der Waals surface area (Å²) in [6.07, 6.45) is -3.83. The maximum Gasteiger partial charge on any atom is 0.573 e. The number of halogens is 3. The number of carbonyl (C=O) groups is 2. The zero-order chi connectivity index (χ0) is 17.2. The Bertz CT molecular complexity index is 775. The number of primary amides is 1. The van der Waals surface area contributed by atoms with Gasteiger partial charge in [-0.1, -0.05) is 12.1 Å². The van der Waals surface area contributed by atoms with Crippen molar-refractivity contribution in [2.24, 2.45) is 5.73 Å². The minimum Gasteiger partial charge on any atom is -0.405 e. The number of nitrogen functional groups attached to an aromatic ring is 1. The van der Waals surface area contributed by atoms with Gasteiger partial charge in [-0.15, -0.1) is 13.2 Å². The van der Waals surface area contributed by atoms with Gasteiger partial charge >= 0.3 is 6.36 Å². The second-order valence-corrected chi connectivity index (χ2v) is 4.36. The highest BCUT2D eigenvalue weighted by Crippen LogP contribution is 2.29. The molecule has 2 aromatic rings. The summed E-state index contributed by atoms with van der Waals surface area (Å²) in [5.74, 6) is -2.71. The summed E-state index contributed by atoms with van der Waals surface area (Å²) in [5, 5.41) is 0. The summed E-state index contributed by atoms with van der Waals surface area (Å²) in [6, 6.07) is 5.91. The summed E-state index contributed by atoms with van der Waals surface area (Å²) in [7, 11) is 0. The molecule has 0 fully saturated rings. The highest BCUT2D eigenvalue weighted by Gasteiger charge is 2.33. The number of rotatable bonds is 4. The maximum atomic E-state index is 12.5. The number of hydrogen-bond donors (Lipinski definition) is 2. The van der Waals surface area contributed by atoms with E-state index in [1.54, 1.807) is 0 Å². The number of anilines is 1. The number of nitrogens with zero attached hydrogens (tertiary/aromatic N) is 1. The number of ketones is 1. The minimum atomic E-state index is -4.98. The van der Waals surface area contributed by atoms with Gasteiger partial charge in [-0.05, 0) is 18.2 Å². The fourth-order valence-corrected chi connectivity index (χ4v) is 1.90. The first kappa shape index (κ1) is 16.3. The lowest BCUT2D eigenvalue weighted by Crippen LogP contribution is -2.22. The quantitative estimate of drug-likeness (QED) is 0.835. The van der Waals surface area contributed by atoms with Crippen molar-refractivity contribution in [1.82, 2.24) is 4.98 Å². The predicted molar refractivity (Wildman–Crippen MR) is 73.7 cm³/mol. The van der Waals surface area contributed by atoms with Crippen molar-refractivity contribution in [1.29, 1.82) is 0 Å². The molecule has 1 amide bonds. The van der Waals surface area contributed by atoms with Gasteiger partial charge in [0.1, 0.15) is 11.4 Å². The highest BCUT2D eigenvalue weighted by atomic mass is 19.4. The lowest BCUT2D eigenvalue weighted by Gasteiger charge is -2.14. The van der Waals surface area contributed by atoms with Crippen molar-refractivity contribution in [3.8, 4) is 5.75 Å². The summed E-state index contributed by atoms with van der Waals surface area (Å²) in [5.41, 5.74) is 9.39. The Balaban J connectivity index is 2.57. The van der Waals surface area contributed by atoms with Crippen molar-refractivity contribution in [2.45, 2.75) is 6.36 Å². The zero-order valence-electron chi connectivity index (χ0n) is 11.4. The highest BCUT2D eigenvalue weighted by molar-refractivity contribution is 6.18. The number of nitrogens with two attached hydrogens (primary N) is 2. The van der Waals surface area contributed by atoms with Crippen LogP contribution in [0.5, 0.6) is 5.75 Å². The Hall–Kier alpha value is -3.10. The average Bonchev–Trinajstić information content (AvgIpc) is 2.45. The molecular weight excluding hydrogens is 315 g/mol. The first-order valence-corrected chi connectivity index (χ1v) is 6.14. The third-order valence-corrected chi connectivity index (χ3v) is 2.80. The molecule has 23 heavy (non-hydrogen) atoms. The number of para-hydroxylation sites is 1. The Kier molecular flexibility index (Phi) is 4.21. The van der Waals surface area contributed by atoms with Gasteiger partial charge in [0.25, 0.3) is 5.91 Å². The van der Waals surface area contributed by atoms with E-state index >= 15 is 0 Å². The molecular formula is C14H10F3N3O3. The molecule has 0 aliphatic carbocycles. The molecule has 0 radical (unpaired) electrons. The van der Waals surface area contributed by atoms with Crippen LogP contribution in [-0.2, 0) is 0 Å². The number of carbonyl (C=O) groups excluding carboxylic acids is 2. The Morgan fingerprint density at radius 1 is 1.13 bits per heavy atom. The van der Waals surface area contributed by atoms with Crippen LogP contribution in [0.4, 0.5) is 18.9 Å². The Morgan fingerprint density at radius 2 is 1.78 bits per heavy atom. The van der Waals surface area contributed by atoms with Gasteiger partial charge in [0.15, 0.2) is 0 Å². The lowest BCUT2D eigenvalue weighted by molar-refractivity contribution is -0.274. The van der Waals surface area contributed by atoms with Crippen LogP contribution in [0.3, 0.4) is 0 Å². The lowest BCUT2D eigenvalue weighted by atomic mass is 9.99. The van der Waals surface area contributed by atoms with Crippen LogP contribution in [0.15, 0.2) is 36.5 Å².